The van der Waals surface area contributed by atoms with Crippen molar-refractivity contribution in [1.29, 1.82) is 0 Å². The Balaban J connectivity index is 2.16. The minimum atomic E-state index is -0.552. The third-order valence-electron chi connectivity index (χ3n) is 4.19. The normalized spacial score (nSPS) is 11.8. The summed E-state index contributed by atoms with van der Waals surface area (Å²) in [7, 11) is 0. The largest absolute Gasteiger partial charge is 0.484 e. The number of hydrogen-bond donors (Lipinski definition) is 1. The van der Waals surface area contributed by atoms with Crippen LogP contribution >= 0.6 is 15.9 Å². The van der Waals surface area contributed by atoms with E-state index in [1.54, 1.807) is 17.0 Å². The lowest BCUT2D eigenvalue weighted by Gasteiger charge is -2.31. The lowest BCUT2D eigenvalue weighted by Crippen LogP contribution is -2.51. The van der Waals surface area contributed by atoms with Crippen molar-refractivity contribution in [1.82, 2.24) is 10.2 Å². The van der Waals surface area contributed by atoms with E-state index in [9.17, 15) is 9.59 Å². The van der Waals surface area contributed by atoms with E-state index in [1.165, 1.54) is 0 Å². The first-order valence-corrected chi connectivity index (χ1v) is 10.2. The van der Waals surface area contributed by atoms with E-state index in [2.05, 4.69) is 21.2 Å². The molecule has 0 fully saturated rings. The SMILES string of the molecule is CC[C@@H](C(=O)NC(C)C)N(Cc1ccccc1)C(=O)COc1ccc(Br)cc1. The molecule has 0 spiro atoms. The molecule has 0 saturated heterocycles. The van der Waals surface area contributed by atoms with E-state index in [-0.39, 0.29) is 24.5 Å². The smallest absolute Gasteiger partial charge is 0.261 e. The van der Waals surface area contributed by atoms with E-state index < -0.39 is 6.04 Å². The zero-order valence-electron chi connectivity index (χ0n) is 16.5. The first-order chi connectivity index (χ1) is 13.4. The van der Waals surface area contributed by atoms with Gasteiger partial charge in [-0.05, 0) is 50.1 Å². The van der Waals surface area contributed by atoms with Gasteiger partial charge in [0.1, 0.15) is 11.8 Å². The van der Waals surface area contributed by atoms with Crippen molar-refractivity contribution in [2.24, 2.45) is 0 Å². The Bertz CT molecular complexity index is 763. The number of rotatable bonds is 9. The molecule has 0 radical (unpaired) electrons. The fraction of sp³-hybridized carbons (Fsp3) is 0.364. The van der Waals surface area contributed by atoms with Gasteiger partial charge in [0.25, 0.3) is 5.91 Å². The molecule has 6 heteroatoms. The van der Waals surface area contributed by atoms with Crippen molar-refractivity contribution in [3.05, 3.63) is 64.6 Å². The highest BCUT2D eigenvalue weighted by molar-refractivity contribution is 9.10. The van der Waals surface area contributed by atoms with Gasteiger partial charge in [-0.3, -0.25) is 9.59 Å². The standard InChI is InChI=1S/C22H27BrN2O3/c1-4-20(22(27)24-16(2)3)25(14-17-8-6-5-7-9-17)21(26)15-28-19-12-10-18(23)11-13-19/h5-13,16,20H,4,14-15H2,1-3H3,(H,24,27)/t20-/m0/s1. The summed E-state index contributed by atoms with van der Waals surface area (Å²) in [5.41, 5.74) is 0.968. The molecule has 1 N–H and O–H groups in total. The number of ether oxygens (including phenoxy) is 1. The minimum absolute atomic E-state index is 0.00856. The Labute approximate surface area is 175 Å². The van der Waals surface area contributed by atoms with Gasteiger partial charge in [-0.15, -0.1) is 0 Å². The molecule has 1 atom stereocenters. The van der Waals surface area contributed by atoms with E-state index in [4.69, 9.17) is 4.74 Å². The van der Waals surface area contributed by atoms with Crippen LogP contribution in [-0.4, -0.2) is 35.4 Å². The Hall–Kier alpha value is -2.34. The minimum Gasteiger partial charge on any atom is -0.484 e. The second-order valence-corrected chi connectivity index (χ2v) is 7.75. The first-order valence-electron chi connectivity index (χ1n) is 9.42. The van der Waals surface area contributed by atoms with E-state index >= 15 is 0 Å². The van der Waals surface area contributed by atoms with Crippen LogP contribution in [0.1, 0.15) is 32.8 Å². The number of nitrogens with zero attached hydrogens (tertiary/aromatic N) is 1. The summed E-state index contributed by atoms with van der Waals surface area (Å²) in [5, 5.41) is 2.92. The third kappa shape index (κ3) is 6.68. The molecule has 0 aliphatic heterocycles. The van der Waals surface area contributed by atoms with Crippen LogP contribution in [0.15, 0.2) is 59.1 Å². The fourth-order valence-electron chi connectivity index (χ4n) is 2.84. The molecule has 0 heterocycles. The predicted octanol–water partition coefficient (Wildman–Crippen LogP) is 4.16. The highest BCUT2D eigenvalue weighted by atomic mass is 79.9. The van der Waals surface area contributed by atoms with Crippen LogP contribution in [0.2, 0.25) is 0 Å². The van der Waals surface area contributed by atoms with Gasteiger partial charge in [0.15, 0.2) is 6.61 Å². The summed E-state index contributed by atoms with van der Waals surface area (Å²) in [6.45, 7) is 5.95. The summed E-state index contributed by atoms with van der Waals surface area (Å²) >= 11 is 3.37. The second-order valence-electron chi connectivity index (χ2n) is 6.84. The van der Waals surface area contributed by atoms with Crippen LogP contribution in [-0.2, 0) is 16.1 Å². The van der Waals surface area contributed by atoms with Gasteiger partial charge >= 0.3 is 0 Å². The van der Waals surface area contributed by atoms with Crippen LogP contribution in [0, 0.1) is 0 Å². The Morgan fingerprint density at radius 2 is 1.71 bits per heavy atom. The van der Waals surface area contributed by atoms with Crippen molar-refractivity contribution in [3.63, 3.8) is 0 Å². The van der Waals surface area contributed by atoms with Gasteiger partial charge in [-0.25, -0.2) is 0 Å². The van der Waals surface area contributed by atoms with Crippen molar-refractivity contribution in [2.45, 2.75) is 45.8 Å². The van der Waals surface area contributed by atoms with Gasteiger partial charge in [-0.2, -0.15) is 0 Å². The number of nitrogens with one attached hydrogen (secondary N) is 1. The average molecular weight is 447 g/mol. The monoisotopic (exact) mass is 446 g/mol. The molecule has 0 aliphatic rings. The molecule has 2 amide bonds. The van der Waals surface area contributed by atoms with Crippen LogP contribution in [0.25, 0.3) is 0 Å². The Morgan fingerprint density at radius 1 is 1.07 bits per heavy atom. The predicted molar refractivity (Wildman–Crippen MR) is 114 cm³/mol. The van der Waals surface area contributed by atoms with Crippen molar-refractivity contribution in [2.75, 3.05) is 6.61 Å². The molecule has 0 aromatic heterocycles. The van der Waals surface area contributed by atoms with Gasteiger partial charge in [0.2, 0.25) is 5.91 Å². The second kappa shape index (κ2) is 10.9. The number of hydrogen-bond acceptors (Lipinski definition) is 3. The quantitative estimate of drug-likeness (QED) is 0.628. The number of benzene rings is 2. The van der Waals surface area contributed by atoms with E-state index in [1.807, 2.05) is 63.2 Å². The molecule has 150 valence electrons. The van der Waals surface area contributed by atoms with E-state index in [0.29, 0.717) is 18.7 Å². The van der Waals surface area contributed by atoms with Crippen LogP contribution in [0.3, 0.4) is 0 Å². The zero-order chi connectivity index (χ0) is 20.5. The zero-order valence-corrected chi connectivity index (χ0v) is 18.1. The van der Waals surface area contributed by atoms with Gasteiger partial charge in [0.05, 0.1) is 0 Å². The van der Waals surface area contributed by atoms with Crippen molar-refractivity contribution < 1.29 is 14.3 Å². The summed E-state index contributed by atoms with van der Waals surface area (Å²) in [6.07, 6.45) is 0.523. The average Bonchev–Trinajstić information content (AvgIpc) is 2.67. The maximum atomic E-state index is 13.0. The van der Waals surface area contributed by atoms with Crippen LogP contribution in [0.5, 0.6) is 5.75 Å². The van der Waals surface area contributed by atoms with Gasteiger partial charge in [0, 0.05) is 17.1 Å². The number of amides is 2. The van der Waals surface area contributed by atoms with Crippen LogP contribution < -0.4 is 10.1 Å². The summed E-state index contributed by atoms with van der Waals surface area (Å²) in [5.74, 6) is 0.235. The Kier molecular flexibility index (Phi) is 8.51. The highest BCUT2D eigenvalue weighted by Crippen LogP contribution is 2.17. The van der Waals surface area contributed by atoms with Crippen molar-refractivity contribution >= 4 is 27.7 Å². The highest BCUT2D eigenvalue weighted by Gasteiger charge is 2.29. The maximum absolute atomic E-state index is 13.0. The topological polar surface area (TPSA) is 58.6 Å². The van der Waals surface area contributed by atoms with Crippen LogP contribution in [0.4, 0.5) is 0 Å². The molecular formula is C22H27BrN2O3. The summed E-state index contributed by atoms with van der Waals surface area (Å²) in [4.78, 5) is 27.3. The molecular weight excluding hydrogens is 420 g/mol. The maximum Gasteiger partial charge on any atom is 0.261 e. The van der Waals surface area contributed by atoms with Gasteiger partial charge < -0.3 is 15.0 Å². The molecule has 2 rings (SSSR count). The van der Waals surface area contributed by atoms with Crippen molar-refractivity contribution in [3.8, 4) is 5.75 Å². The molecule has 2 aromatic carbocycles. The number of carbonyl (C=O) groups excluding carboxylic acids is 2. The molecule has 0 unspecified atom stereocenters. The lowest BCUT2D eigenvalue weighted by molar-refractivity contribution is -0.143. The molecule has 0 bridgehead atoms. The molecule has 0 aliphatic carbocycles. The molecule has 28 heavy (non-hydrogen) atoms. The fourth-order valence-corrected chi connectivity index (χ4v) is 3.10. The molecule has 5 nitrogen and oxygen atoms in total. The number of carbonyl (C=O) groups is 2. The third-order valence-corrected chi connectivity index (χ3v) is 4.72. The summed E-state index contributed by atoms with van der Waals surface area (Å²) < 4.78 is 6.59. The Morgan fingerprint density at radius 3 is 2.29 bits per heavy atom. The number of halogens is 1. The van der Waals surface area contributed by atoms with E-state index in [0.717, 1.165) is 10.0 Å². The molecule has 0 saturated carbocycles. The summed E-state index contributed by atoms with van der Waals surface area (Å²) in [6, 6.07) is 16.4. The first kappa shape index (κ1) is 22.0. The molecule has 2 aromatic rings. The lowest BCUT2D eigenvalue weighted by atomic mass is 10.1. The van der Waals surface area contributed by atoms with Gasteiger partial charge in [-0.1, -0.05) is 53.2 Å².